The van der Waals surface area contributed by atoms with Gasteiger partial charge < -0.3 is 5.32 Å². The predicted octanol–water partition coefficient (Wildman–Crippen LogP) is 4.09. The van der Waals surface area contributed by atoms with E-state index in [0.717, 1.165) is 28.8 Å². The average molecular weight is 336 g/mol. The Kier molecular flexibility index (Phi) is 4.66. The maximum absolute atomic E-state index is 4.66. The summed E-state index contributed by atoms with van der Waals surface area (Å²) < 4.78 is 3.07. The van der Waals surface area contributed by atoms with Crippen molar-refractivity contribution < 1.29 is 0 Å². The SMILES string of the molecule is CCc1cc(Br)ccc1-n1ccc(CNC(C)(C)C)n1. The molecule has 0 bridgehead atoms. The second kappa shape index (κ2) is 6.10. The lowest BCUT2D eigenvalue weighted by molar-refractivity contribution is 0.420. The van der Waals surface area contributed by atoms with Gasteiger partial charge in [0.15, 0.2) is 0 Å². The van der Waals surface area contributed by atoms with Crippen molar-refractivity contribution in [3.8, 4) is 5.69 Å². The quantitative estimate of drug-likeness (QED) is 0.912. The van der Waals surface area contributed by atoms with E-state index in [9.17, 15) is 0 Å². The van der Waals surface area contributed by atoms with E-state index in [-0.39, 0.29) is 5.54 Å². The van der Waals surface area contributed by atoms with Crippen LogP contribution in [0, 0.1) is 0 Å². The van der Waals surface area contributed by atoms with Crippen molar-refractivity contribution in [1.82, 2.24) is 15.1 Å². The maximum atomic E-state index is 4.66. The molecule has 2 rings (SSSR count). The zero-order chi connectivity index (χ0) is 14.8. The molecular weight excluding hydrogens is 314 g/mol. The largest absolute Gasteiger partial charge is 0.306 e. The van der Waals surface area contributed by atoms with E-state index in [0.29, 0.717) is 0 Å². The van der Waals surface area contributed by atoms with Crippen LogP contribution in [0.5, 0.6) is 0 Å². The molecule has 2 aromatic rings. The molecule has 1 aromatic heterocycles. The zero-order valence-corrected chi connectivity index (χ0v) is 14.2. The number of hydrogen-bond acceptors (Lipinski definition) is 2. The van der Waals surface area contributed by atoms with E-state index in [1.807, 2.05) is 10.9 Å². The molecule has 0 amide bonds. The van der Waals surface area contributed by atoms with Gasteiger partial charge in [-0.15, -0.1) is 0 Å². The van der Waals surface area contributed by atoms with Crippen molar-refractivity contribution in [1.29, 1.82) is 0 Å². The fraction of sp³-hybridized carbons (Fsp3) is 0.438. The molecule has 0 unspecified atom stereocenters. The third kappa shape index (κ3) is 3.93. The highest BCUT2D eigenvalue weighted by atomic mass is 79.9. The second-order valence-electron chi connectivity index (χ2n) is 5.98. The number of hydrogen-bond donors (Lipinski definition) is 1. The van der Waals surface area contributed by atoms with Gasteiger partial charge in [0.2, 0.25) is 0 Å². The third-order valence-electron chi connectivity index (χ3n) is 3.11. The van der Waals surface area contributed by atoms with E-state index in [1.165, 1.54) is 5.56 Å². The Balaban J connectivity index is 2.20. The maximum Gasteiger partial charge on any atom is 0.0767 e. The van der Waals surface area contributed by atoms with Crippen LogP contribution in [0.1, 0.15) is 39.0 Å². The van der Waals surface area contributed by atoms with Crippen molar-refractivity contribution in [3.05, 3.63) is 46.2 Å². The molecule has 0 aliphatic carbocycles. The van der Waals surface area contributed by atoms with Gasteiger partial charge in [0.1, 0.15) is 0 Å². The van der Waals surface area contributed by atoms with Gasteiger partial charge >= 0.3 is 0 Å². The van der Waals surface area contributed by atoms with Crippen molar-refractivity contribution in [3.63, 3.8) is 0 Å². The first-order chi connectivity index (χ1) is 9.39. The molecule has 3 nitrogen and oxygen atoms in total. The standard InChI is InChI=1S/C16H22BrN3/c1-5-12-10-13(17)6-7-15(12)20-9-8-14(19-20)11-18-16(2,3)4/h6-10,18H,5,11H2,1-4H3. The topological polar surface area (TPSA) is 29.9 Å². The Labute approximate surface area is 129 Å². The van der Waals surface area contributed by atoms with Crippen molar-refractivity contribution in [2.45, 2.75) is 46.2 Å². The van der Waals surface area contributed by atoms with Crippen molar-refractivity contribution >= 4 is 15.9 Å². The fourth-order valence-electron chi connectivity index (χ4n) is 2.01. The number of aryl methyl sites for hydroxylation is 1. The molecule has 0 aliphatic heterocycles. The Morgan fingerprint density at radius 3 is 2.65 bits per heavy atom. The molecule has 0 saturated carbocycles. The van der Waals surface area contributed by atoms with Crippen molar-refractivity contribution in [2.24, 2.45) is 0 Å². The van der Waals surface area contributed by atoms with Crippen LogP contribution in [0.2, 0.25) is 0 Å². The van der Waals surface area contributed by atoms with Crippen LogP contribution in [0.3, 0.4) is 0 Å². The van der Waals surface area contributed by atoms with Gasteiger partial charge in [-0.25, -0.2) is 4.68 Å². The minimum atomic E-state index is 0.107. The summed E-state index contributed by atoms with van der Waals surface area (Å²) in [4.78, 5) is 0. The fourth-order valence-corrected chi connectivity index (χ4v) is 2.42. The Bertz CT molecular complexity index is 582. The third-order valence-corrected chi connectivity index (χ3v) is 3.61. The molecule has 0 atom stereocenters. The lowest BCUT2D eigenvalue weighted by atomic mass is 10.1. The van der Waals surface area contributed by atoms with Gasteiger partial charge in [0, 0.05) is 22.8 Å². The van der Waals surface area contributed by atoms with Crippen LogP contribution < -0.4 is 5.32 Å². The van der Waals surface area contributed by atoms with Gasteiger partial charge in [0.05, 0.1) is 11.4 Å². The zero-order valence-electron chi connectivity index (χ0n) is 12.6. The molecule has 1 N–H and O–H groups in total. The Morgan fingerprint density at radius 2 is 2.00 bits per heavy atom. The average Bonchev–Trinajstić information content (AvgIpc) is 2.84. The van der Waals surface area contributed by atoms with Gasteiger partial charge in [0.25, 0.3) is 0 Å². The highest BCUT2D eigenvalue weighted by Gasteiger charge is 2.10. The summed E-state index contributed by atoms with van der Waals surface area (Å²) in [6, 6.07) is 8.39. The van der Waals surface area contributed by atoms with E-state index in [4.69, 9.17) is 0 Å². The van der Waals surface area contributed by atoms with Crippen LogP contribution in [0.4, 0.5) is 0 Å². The summed E-state index contributed by atoms with van der Waals surface area (Å²) >= 11 is 3.52. The summed E-state index contributed by atoms with van der Waals surface area (Å²) in [5.41, 5.74) is 3.61. The van der Waals surface area contributed by atoms with Crippen LogP contribution >= 0.6 is 15.9 Å². The minimum Gasteiger partial charge on any atom is -0.306 e. The second-order valence-corrected chi connectivity index (χ2v) is 6.90. The van der Waals surface area contributed by atoms with Crippen molar-refractivity contribution in [2.75, 3.05) is 0 Å². The molecule has 0 radical (unpaired) electrons. The summed E-state index contributed by atoms with van der Waals surface area (Å²) in [7, 11) is 0. The number of benzene rings is 1. The lowest BCUT2D eigenvalue weighted by Crippen LogP contribution is -2.35. The molecule has 0 saturated heterocycles. The van der Waals surface area contributed by atoms with Crippen LogP contribution in [-0.4, -0.2) is 15.3 Å². The highest BCUT2D eigenvalue weighted by molar-refractivity contribution is 9.10. The van der Waals surface area contributed by atoms with E-state index >= 15 is 0 Å². The first-order valence-electron chi connectivity index (χ1n) is 6.97. The smallest absolute Gasteiger partial charge is 0.0767 e. The number of rotatable bonds is 4. The molecule has 0 fully saturated rings. The molecule has 0 aliphatic rings. The van der Waals surface area contributed by atoms with Crippen LogP contribution in [0.25, 0.3) is 5.69 Å². The number of nitrogens with zero attached hydrogens (tertiary/aromatic N) is 2. The number of halogens is 1. The molecule has 0 spiro atoms. The number of nitrogens with one attached hydrogen (secondary N) is 1. The van der Waals surface area contributed by atoms with Gasteiger partial charge in [-0.05, 0) is 57.0 Å². The predicted molar refractivity (Wildman–Crippen MR) is 87.2 cm³/mol. The molecule has 1 heterocycles. The molecular formula is C16H22BrN3. The van der Waals surface area contributed by atoms with Gasteiger partial charge in [-0.1, -0.05) is 22.9 Å². The summed E-state index contributed by atoms with van der Waals surface area (Å²) in [6.45, 7) is 9.43. The number of aromatic nitrogens is 2. The summed E-state index contributed by atoms with van der Waals surface area (Å²) in [5, 5.41) is 8.12. The molecule has 108 valence electrons. The van der Waals surface area contributed by atoms with E-state index in [1.54, 1.807) is 0 Å². The van der Waals surface area contributed by atoms with Gasteiger partial charge in [-0.2, -0.15) is 5.10 Å². The first-order valence-corrected chi connectivity index (χ1v) is 7.77. The highest BCUT2D eigenvalue weighted by Crippen LogP contribution is 2.20. The summed E-state index contributed by atoms with van der Waals surface area (Å²) in [6.07, 6.45) is 3.02. The van der Waals surface area contributed by atoms with Crippen LogP contribution in [0.15, 0.2) is 34.9 Å². The van der Waals surface area contributed by atoms with E-state index < -0.39 is 0 Å². The Hall–Kier alpha value is -1.13. The first kappa shape index (κ1) is 15.3. The van der Waals surface area contributed by atoms with Crippen LogP contribution in [-0.2, 0) is 13.0 Å². The van der Waals surface area contributed by atoms with E-state index in [2.05, 4.69) is 78.3 Å². The summed E-state index contributed by atoms with van der Waals surface area (Å²) in [5.74, 6) is 0. The molecule has 4 heteroatoms. The lowest BCUT2D eigenvalue weighted by Gasteiger charge is -2.19. The molecule has 1 aromatic carbocycles. The monoisotopic (exact) mass is 335 g/mol. The molecule has 20 heavy (non-hydrogen) atoms. The normalized spacial score (nSPS) is 11.8. The Morgan fingerprint density at radius 1 is 1.25 bits per heavy atom. The minimum absolute atomic E-state index is 0.107. The van der Waals surface area contributed by atoms with Gasteiger partial charge in [-0.3, -0.25) is 0 Å².